The minimum Gasteiger partial charge on any atom is -0.497 e. The third kappa shape index (κ3) is 5.79. The highest BCUT2D eigenvalue weighted by Gasteiger charge is 2.23. The Hall–Kier alpha value is -2.41. The van der Waals surface area contributed by atoms with Crippen molar-refractivity contribution in [3.8, 4) is 5.75 Å². The first kappa shape index (κ1) is 20.3. The predicted octanol–water partition coefficient (Wildman–Crippen LogP) is 2.03. The fraction of sp³-hybridized carbons (Fsp3) is 0.409. The number of aliphatic hydroxyl groups excluding tert-OH is 1. The van der Waals surface area contributed by atoms with Gasteiger partial charge < -0.3 is 19.5 Å². The monoisotopic (exact) mass is 384 g/mol. The number of piperazine rings is 1. The van der Waals surface area contributed by atoms with E-state index in [0.29, 0.717) is 44.2 Å². The second-order valence-corrected chi connectivity index (χ2v) is 6.98. The fourth-order valence-corrected chi connectivity index (χ4v) is 3.31. The van der Waals surface area contributed by atoms with E-state index in [2.05, 4.69) is 4.90 Å². The second-order valence-electron chi connectivity index (χ2n) is 6.98. The molecule has 0 saturated carbocycles. The average Bonchev–Trinajstić information content (AvgIpc) is 2.74. The molecule has 1 fully saturated rings. The predicted molar refractivity (Wildman–Crippen MR) is 107 cm³/mol. The molecule has 0 aromatic heterocycles. The van der Waals surface area contributed by atoms with Crippen LogP contribution in [0.1, 0.15) is 15.9 Å². The molecular weight excluding hydrogens is 356 g/mol. The number of hydrogen-bond acceptors (Lipinski definition) is 5. The van der Waals surface area contributed by atoms with Crippen LogP contribution in [0.2, 0.25) is 0 Å². The summed E-state index contributed by atoms with van der Waals surface area (Å²) in [5.41, 5.74) is 1.74. The van der Waals surface area contributed by atoms with E-state index >= 15 is 0 Å². The smallest absolute Gasteiger partial charge is 0.254 e. The van der Waals surface area contributed by atoms with Crippen LogP contribution in [0, 0.1) is 0 Å². The lowest BCUT2D eigenvalue weighted by Gasteiger charge is -2.35. The molecule has 0 aliphatic carbocycles. The van der Waals surface area contributed by atoms with Gasteiger partial charge >= 0.3 is 0 Å². The summed E-state index contributed by atoms with van der Waals surface area (Å²) < 4.78 is 10.8. The Morgan fingerprint density at radius 1 is 1.07 bits per heavy atom. The Morgan fingerprint density at radius 2 is 1.82 bits per heavy atom. The molecule has 1 atom stereocenters. The molecule has 1 N–H and O–H groups in total. The Kier molecular flexibility index (Phi) is 7.42. The zero-order valence-corrected chi connectivity index (χ0v) is 16.3. The summed E-state index contributed by atoms with van der Waals surface area (Å²) in [6.45, 7) is 4.13. The van der Waals surface area contributed by atoms with Gasteiger partial charge in [-0.15, -0.1) is 0 Å². The number of carbonyl (C=O) groups excluding carboxylic acids is 1. The van der Waals surface area contributed by atoms with Gasteiger partial charge in [0.05, 0.1) is 26.4 Å². The van der Waals surface area contributed by atoms with Crippen LogP contribution in [-0.2, 0) is 11.3 Å². The normalized spacial score (nSPS) is 16.0. The van der Waals surface area contributed by atoms with Gasteiger partial charge in [0.1, 0.15) is 5.75 Å². The SMILES string of the molecule is COc1cccc(C(=O)N2CCN(CC(O)COCc3ccccc3)CC2)c1. The van der Waals surface area contributed by atoms with Gasteiger partial charge in [-0.05, 0) is 23.8 Å². The number of aliphatic hydroxyl groups is 1. The van der Waals surface area contributed by atoms with Gasteiger partial charge in [-0.25, -0.2) is 0 Å². The molecule has 1 unspecified atom stereocenters. The van der Waals surface area contributed by atoms with Crippen LogP contribution in [0.15, 0.2) is 54.6 Å². The molecular formula is C22H28N2O4. The lowest BCUT2D eigenvalue weighted by molar-refractivity contribution is 0.00206. The number of ether oxygens (including phenoxy) is 2. The lowest BCUT2D eigenvalue weighted by Crippen LogP contribution is -2.50. The Morgan fingerprint density at radius 3 is 2.54 bits per heavy atom. The van der Waals surface area contributed by atoms with Gasteiger partial charge in [0.2, 0.25) is 0 Å². The van der Waals surface area contributed by atoms with Crippen LogP contribution in [0.3, 0.4) is 0 Å². The van der Waals surface area contributed by atoms with E-state index in [4.69, 9.17) is 9.47 Å². The van der Waals surface area contributed by atoms with Gasteiger partial charge in [0.25, 0.3) is 5.91 Å². The van der Waals surface area contributed by atoms with Crippen molar-refractivity contribution >= 4 is 5.91 Å². The van der Waals surface area contributed by atoms with Crippen LogP contribution in [0.4, 0.5) is 0 Å². The van der Waals surface area contributed by atoms with Crippen LogP contribution < -0.4 is 4.74 Å². The first-order valence-corrected chi connectivity index (χ1v) is 9.61. The Labute approximate surface area is 166 Å². The zero-order chi connectivity index (χ0) is 19.8. The quantitative estimate of drug-likeness (QED) is 0.755. The van der Waals surface area contributed by atoms with Gasteiger partial charge in [0.15, 0.2) is 0 Å². The van der Waals surface area contributed by atoms with Crippen molar-refractivity contribution in [1.82, 2.24) is 9.80 Å². The summed E-state index contributed by atoms with van der Waals surface area (Å²) in [5.74, 6) is 0.702. The van der Waals surface area contributed by atoms with Gasteiger partial charge in [-0.2, -0.15) is 0 Å². The first-order valence-electron chi connectivity index (χ1n) is 9.61. The fourth-order valence-electron chi connectivity index (χ4n) is 3.31. The molecule has 0 radical (unpaired) electrons. The van der Waals surface area contributed by atoms with Crippen molar-refractivity contribution in [2.24, 2.45) is 0 Å². The van der Waals surface area contributed by atoms with E-state index in [1.165, 1.54) is 0 Å². The highest BCUT2D eigenvalue weighted by molar-refractivity contribution is 5.94. The molecule has 2 aromatic carbocycles. The Bertz CT molecular complexity index is 745. The third-order valence-electron chi connectivity index (χ3n) is 4.87. The topological polar surface area (TPSA) is 62.2 Å². The first-order chi connectivity index (χ1) is 13.7. The highest BCUT2D eigenvalue weighted by Crippen LogP contribution is 2.15. The summed E-state index contributed by atoms with van der Waals surface area (Å²) in [5, 5.41) is 10.2. The molecule has 2 aromatic rings. The maximum absolute atomic E-state index is 12.7. The van der Waals surface area contributed by atoms with Crippen molar-refractivity contribution < 1.29 is 19.4 Å². The van der Waals surface area contributed by atoms with Crippen LogP contribution in [0.5, 0.6) is 5.75 Å². The summed E-state index contributed by atoms with van der Waals surface area (Å²) in [6, 6.07) is 17.2. The largest absolute Gasteiger partial charge is 0.497 e. The minimum absolute atomic E-state index is 0.0188. The maximum Gasteiger partial charge on any atom is 0.254 e. The molecule has 1 saturated heterocycles. The van der Waals surface area contributed by atoms with E-state index in [1.807, 2.05) is 53.4 Å². The van der Waals surface area contributed by atoms with E-state index in [-0.39, 0.29) is 5.91 Å². The number of benzene rings is 2. The lowest BCUT2D eigenvalue weighted by atomic mass is 10.1. The molecule has 6 heteroatoms. The molecule has 1 amide bonds. The van der Waals surface area contributed by atoms with Crippen molar-refractivity contribution in [3.05, 3.63) is 65.7 Å². The summed E-state index contributed by atoms with van der Waals surface area (Å²) >= 11 is 0. The number of amides is 1. The van der Waals surface area contributed by atoms with E-state index in [9.17, 15) is 9.90 Å². The van der Waals surface area contributed by atoms with Crippen molar-refractivity contribution in [2.75, 3.05) is 46.4 Å². The molecule has 6 nitrogen and oxygen atoms in total. The molecule has 150 valence electrons. The van der Waals surface area contributed by atoms with Crippen LogP contribution >= 0.6 is 0 Å². The highest BCUT2D eigenvalue weighted by atomic mass is 16.5. The standard InChI is InChI=1S/C22H28N2O4/c1-27-21-9-5-8-19(14-21)22(26)24-12-10-23(11-13-24)15-20(25)17-28-16-18-6-3-2-4-7-18/h2-9,14,20,25H,10-13,15-17H2,1H3. The molecule has 1 heterocycles. The second kappa shape index (κ2) is 10.2. The molecule has 3 rings (SSSR count). The number of methoxy groups -OCH3 is 1. The average molecular weight is 384 g/mol. The van der Waals surface area contributed by atoms with E-state index < -0.39 is 6.10 Å². The number of carbonyl (C=O) groups is 1. The number of β-amino-alcohol motifs (C(OH)–C–C–N with tert-alkyl or cyclic N) is 1. The van der Waals surface area contributed by atoms with Gasteiger partial charge in [-0.1, -0.05) is 36.4 Å². The number of nitrogens with zero attached hydrogens (tertiary/aromatic N) is 2. The van der Waals surface area contributed by atoms with Gasteiger partial charge in [0, 0.05) is 38.3 Å². The van der Waals surface area contributed by atoms with Crippen molar-refractivity contribution in [3.63, 3.8) is 0 Å². The molecule has 28 heavy (non-hydrogen) atoms. The number of rotatable bonds is 8. The number of hydrogen-bond donors (Lipinski definition) is 1. The Balaban J connectivity index is 1.39. The van der Waals surface area contributed by atoms with Gasteiger partial charge in [-0.3, -0.25) is 9.69 Å². The summed E-state index contributed by atoms with van der Waals surface area (Å²) in [6.07, 6.45) is -0.538. The van der Waals surface area contributed by atoms with Crippen molar-refractivity contribution in [2.45, 2.75) is 12.7 Å². The minimum atomic E-state index is -0.538. The van der Waals surface area contributed by atoms with Crippen molar-refractivity contribution in [1.29, 1.82) is 0 Å². The van der Waals surface area contributed by atoms with E-state index in [0.717, 1.165) is 18.7 Å². The van der Waals surface area contributed by atoms with Crippen LogP contribution in [0.25, 0.3) is 0 Å². The molecule has 0 bridgehead atoms. The zero-order valence-electron chi connectivity index (χ0n) is 16.3. The molecule has 0 spiro atoms. The van der Waals surface area contributed by atoms with Crippen LogP contribution in [-0.4, -0.2) is 73.4 Å². The maximum atomic E-state index is 12.7. The molecule has 1 aliphatic heterocycles. The summed E-state index contributed by atoms with van der Waals surface area (Å²) in [7, 11) is 1.59. The summed E-state index contributed by atoms with van der Waals surface area (Å²) in [4.78, 5) is 16.7. The third-order valence-corrected chi connectivity index (χ3v) is 4.87. The van der Waals surface area contributed by atoms with E-state index in [1.54, 1.807) is 13.2 Å². The molecule has 1 aliphatic rings.